The Kier molecular flexibility index (Phi) is 6.27. The zero-order chi connectivity index (χ0) is 15.4. The number of piperazine rings is 1. The largest absolute Gasteiger partial charge is 0.311 e. The first-order valence-corrected chi connectivity index (χ1v) is 9.02. The van der Waals surface area contributed by atoms with E-state index in [1.165, 1.54) is 16.5 Å². The van der Waals surface area contributed by atoms with E-state index >= 15 is 0 Å². The van der Waals surface area contributed by atoms with Crippen molar-refractivity contribution in [1.29, 1.82) is 0 Å². The molecule has 21 heavy (non-hydrogen) atoms. The van der Waals surface area contributed by atoms with E-state index in [9.17, 15) is 0 Å². The fraction of sp³-hybridized carbons (Fsp3) is 0.667. The van der Waals surface area contributed by atoms with Crippen LogP contribution in [0.3, 0.4) is 0 Å². The lowest BCUT2D eigenvalue weighted by molar-refractivity contribution is 0.0753. The Morgan fingerprint density at radius 3 is 2.71 bits per heavy atom. The zero-order valence-corrected chi connectivity index (χ0v) is 15.4. The molecule has 118 valence electrons. The summed E-state index contributed by atoms with van der Waals surface area (Å²) in [6.07, 6.45) is 1.24. The molecule has 3 atom stereocenters. The molecule has 0 amide bonds. The van der Waals surface area contributed by atoms with E-state index in [0.29, 0.717) is 18.0 Å². The van der Waals surface area contributed by atoms with Crippen LogP contribution in [0.2, 0.25) is 0 Å². The number of halogens is 1. The van der Waals surface area contributed by atoms with Gasteiger partial charge in [-0.3, -0.25) is 4.90 Å². The van der Waals surface area contributed by atoms with Gasteiger partial charge in [-0.15, -0.1) is 0 Å². The third-order valence-corrected chi connectivity index (χ3v) is 5.36. The van der Waals surface area contributed by atoms with Crippen molar-refractivity contribution in [3.63, 3.8) is 0 Å². The molecule has 1 fully saturated rings. The molecule has 0 spiro atoms. The van der Waals surface area contributed by atoms with Crippen LogP contribution in [0.4, 0.5) is 0 Å². The van der Waals surface area contributed by atoms with Crippen LogP contribution in [0.25, 0.3) is 0 Å². The molecule has 3 heteroatoms. The van der Waals surface area contributed by atoms with Gasteiger partial charge in [0.2, 0.25) is 0 Å². The van der Waals surface area contributed by atoms with Gasteiger partial charge in [0, 0.05) is 36.2 Å². The monoisotopic (exact) mass is 352 g/mol. The van der Waals surface area contributed by atoms with E-state index in [2.05, 4.69) is 78.1 Å². The molecular weight excluding hydrogens is 324 g/mol. The van der Waals surface area contributed by atoms with Crippen LogP contribution in [0.15, 0.2) is 28.7 Å². The van der Waals surface area contributed by atoms with Crippen LogP contribution in [0, 0.1) is 11.8 Å². The number of nitrogens with zero attached hydrogens (tertiary/aromatic N) is 1. The fourth-order valence-electron chi connectivity index (χ4n) is 3.23. The molecule has 0 bridgehead atoms. The van der Waals surface area contributed by atoms with Crippen LogP contribution < -0.4 is 5.32 Å². The Balaban J connectivity index is 2.10. The van der Waals surface area contributed by atoms with Crippen LogP contribution >= 0.6 is 15.9 Å². The van der Waals surface area contributed by atoms with Gasteiger partial charge in [-0.2, -0.15) is 0 Å². The SMILES string of the molecule is CCC(C)C1CN(Cc2cccc(Br)c2)C(C(C)C)CN1. The molecule has 1 N–H and O–H groups in total. The second-order valence-corrected chi connectivity index (χ2v) is 7.69. The van der Waals surface area contributed by atoms with Gasteiger partial charge in [0.15, 0.2) is 0 Å². The molecule has 0 aliphatic carbocycles. The molecule has 1 heterocycles. The van der Waals surface area contributed by atoms with Crippen LogP contribution in [0.5, 0.6) is 0 Å². The fourth-order valence-corrected chi connectivity index (χ4v) is 3.68. The van der Waals surface area contributed by atoms with Gasteiger partial charge >= 0.3 is 0 Å². The summed E-state index contributed by atoms with van der Waals surface area (Å²) in [5.41, 5.74) is 1.40. The molecule has 1 saturated heterocycles. The minimum absolute atomic E-state index is 0.622. The standard InChI is InChI=1S/C18H29BrN2/c1-5-14(4)17-12-21(18(10-20-17)13(2)3)11-15-7-6-8-16(19)9-15/h6-9,13-14,17-18,20H,5,10-12H2,1-4H3. The van der Waals surface area contributed by atoms with Gasteiger partial charge in [-0.05, 0) is 29.5 Å². The van der Waals surface area contributed by atoms with Gasteiger partial charge in [-0.1, -0.05) is 62.2 Å². The topological polar surface area (TPSA) is 15.3 Å². The van der Waals surface area contributed by atoms with E-state index in [1.54, 1.807) is 0 Å². The van der Waals surface area contributed by atoms with Crippen molar-refractivity contribution < 1.29 is 0 Å². The summed E-state index contributed by atoms with van der Waals surface area (Å²) < 4.78 is 1.18. The van der Waals surface area contributed by atoms with Gasteiger partial charge in [0.25, 0.3) is 0 Å². The third-order valence-electron chi connectivity index (χ3n) is 4.86. The normalized spacial score (nSPS) is 25.2. The number of hydrogen-bond donors (Lipinski definition) is 1. The van der Waals surface area contributed by atoms with Crippen molar-refractivity contribution in [3.8, 4) is 0 Å². The maximum Gasteiger partial charge on any atom is 0.0247 e. The molecule has 1 aliphatic rings. The molecule has 0 radical (unpaired) electrons. The molecule has 0 saturated carbocycles. The van der Waals surface area contributed by atoms with Crippen molar-refractivity contribution in [2.75, 3.05) is 13.1 Å². The van der Waals surface area contributed by atoms with Gasteiger partial charge in [-0.25, -0.2) is 0 Å². The molecular formula is C18H29BrN2. The predicted molar refractivity (Wildman–Crippen MR) is 94.4 cm³/mol. The van der Waals surface area contributed by atoms with Gasteiger partial charge in [0.05, 0.1) is 0 Å². The molecule has 3 unspecified atom stereocenters. The first kappa shape index (κ1) is 17.0. The van der Waals surface area contributed by atoms with E-state index in [4.69, 9.17) is 0 Å². The number of benzene rings is 1. The van der Waals surface area contributed by atoms with Crippen LogP contribution in [-0.4, -0.2) is 30.1 Å². The van der Waals surface area contributed by atoms with Crippen molar-refractivity contribution in [2.24, 2.45) is 11.8 Å². The van der Waals surface area contributed by atoms with Crippen LogP contribution in [-0.2, 0) is 6.54 Å². The molecule has 0 aromatic heterocycles. The Morgan fingerprint density at radius 1 is 1.33 bits per heavy atom. The van der Waals surface area contributed by atoms with Gasteiger partial charge < -0.3 is 5.32 Å². The van der Waals surface area contributed by atoms with Crippen molar-refractivity contribution in [3.05, 3.63) is 34.3 Å². The third kappa shape index (κ3) is 4.54. The highest BCUT2D eigenvalue weighted by Crippen LogP contribution is 2.23. The average molecular weight is 353 g/mol. The first-order chi connectivity index (χ1) is 10.0. The molecule has 1 aliphatic heterocycles. The van der Waals surface area contributed by atoms with E-state index in [-0.39, 0.29) is 0 Å². The van der Waals surface area contributed by atoms with Crippen molar-refractivity contribution in [1.82, 2.24) is 10.2 Å². The lowest BCUT2D eigenvalue weighted by Gasteiger charge is -2.44. The Bertz CT molecular complexity index is 447. The molecule has 1 aromatic rings. The summed E-state index contributed by atoms with van der Waals surface area (Å²) in [7, 11) is 0. The first-order valence-electron chi connectivity index (χ1n) is 8.23. The second-order valence-electron chi connectivity index (χ2n) is 6.77. The van der Waals surface area contributed by atoms with Crippen molar-refractivity contribution >= 4 is 15.9 Å². The minimum Gasteiger partial charge on any atom is -0.311 e. The zero-order valence-electron chi connectivity index (χ0n) is 13.8. The summed E-state index contributed by atoms with van der Waals surface area (Å²) in [4.78, 5) is 2.68. The summed E-state index contributed by atoms with van der Waals surface area (Å²) in [6, 6.07) is 9.97. The number of hydrogen-bond acceptors (Lipinski definition) is 2. The summed E-state index contributed by atoms with van der Waals surface area (Å²) in [5, 5.41) is 3.78. The lowest BCUT2D eigenvalue weighted by atomic mass is 9.91. The Hall–Kier alpha value is -0.380. The smallest absolute Gasteiger partial charge is 0.0247 e. The van der Waals surface area contributed by atoms with Crippen molar-refractivity contribution in [2.45, 2.75) is 52.7 Å². The lowest BCUT2D eigenvalue weighted by Crippen LogP contribution is -2.59. The summed E-state index contributed by atoms with van der Waals surface area (Å²) in [5.74, 6) is 1.42. The average Bonchev–Trinajstić information content (AvgIpc) is 2.46. The quantitative estimate of drug-likeness (QED) is 0.849. The minimum atomic E-state index is 0.622. The van der Waals surface area contributed by atoms with Gasteiger partial charge in [0.1, 0.15) is 0 Å². The number of rotatable bonds is 5. The highest BCUT2D eigenvalue weighted by molar-refractivity contribution is 9.10. The molecule has 2 nitrogen and oxygen atoms in total. The Morgan fingerprint density at radius 2 is 2.10 bits per heavy atom. The van der Waals surface area contributed by atoms with E-state index in [0.717, 1.165) is 25.6 Å². The predicted octanol–water partition coefficient (Wildman–Crippen LogP) is 4.29. The highest BCUT2D eigenvalue weighted by atomic mass is 79.9. The maximum absolute atomic E-state index is 3.78. The van der Waals surface area contributed by atoms with Crippen LogP contribution in [0.1, 0.15) is 39.7 Å². The number of nitrogens with one attached hydrogen (secondary N) is 1. The second kappa shape index (κ2) is 7.75. The summed E-state index contributed by atoms with van der Waals surface area (Å²) in [6.45, 7) is 12.7. The molecule has 1 aromatic carbocycles. The maximum atomic E-state index is 3.78. The van der Waals surface area contributed by atoms with E-state index < -0.39 is 0 Å². The molecule has 2 rings (SSSR count). The highest BCUT2D eigenvalue weighted by Gasteiger charge is 2.31. The summed E-state index contributed by atoms with van der Waals surface area (Å²) >= 11 is 3.59. The van der Waals surface area contributed by atoms with E-state index in [1.807, 2.05) is 0 Å². The Labute approximate surface area is 138 Å².